The maximum atomic E-state index is 12.9. The molecule has 3 heterocycles. The Morgan fingerprint density at radius 2 is 2.04 bits per heavy atom. The summed E-state index contributed by atoms with van der Waals surface area (Å²) in [4.78, 5) is 33.1. The van der Waals surface area contributed by atoms with Gasteiger partial charge in [-0.15, -0.1) is 22.7 Å². The molecular weight excluding hydrogens is 394 g/mol. The quantitative estimate of drug-likeness (QED) is 0.786. The van der Waals surface area contributed by atoms with Crippen molar-refractivity contribution >= 4 is 34.7 Å². The van der Waals surface area contributed by atoms with Crippen LogP contribution < -0.4 is 5.32 Å². The largest absolute Gasteiger partial charge is 0.444 e. The van der Waals surface area contributed by atoms with Crippen molar-refractivity contribution in [1.82, 2.24) is 15.2 Å². The van der Waals surface area contributed by atoms with Gasteiger partial charge >= 0.3 is 6.09 Å². The predicted molar refractivity (Wildman–Crippen MR) is 113 cm³/mol. The highest BCUT2D eigenvalue weighted by Crippen LogP contribution is 2.32. The van der Waals surface area contributed by atoms with E-state index in [1.54, 1.807) is 11.3 Å². The summed E-state index contributed by atoms with van der Waals surface area (Å²) in [5.74, 6) is 0.428. The van der Waals surface area contributed by atoms with E-state index in [2.05, 4.69) is 10.3 Å². The number of hydrogen-bond donors (Lipinski definition) is 1. The maximum Gasteiger partial charge on any atom is 0.407 e. The number of piperidine rings is 1. The van der Waals surface area contributed by atoms with Gasteiger partial charge in [0, 0.05) is 19.6 Å². The fourth-order valence-corrected chi connectivity index (χ4v) is 4.96. The van der Waals surface area contributed by atoms with Crippen LogP contribution in [-0.4, -0.2) is 47.1 Å². The monoisotopic (exact) mass is 421 g/mol. The minimum Gasteiger partial charge on any atom is -0.444 e. The molecule has 1 aliphatic heterocycles. The summed E-state index contributed by atoms with van der Waals surface area (Å²) >= 11 is 3.11. The fourth-order valence-electron chi connectivity index (χ4n) is 3.13. The lowest BCUT2D eigenvalue weighted by atomic mass is 9.96. The van der Waals surface area contributed by atoms with E-state index in [9.17, 15) is 9.59 Å². The Labute approximate surface area is 173 Å². The second-order valence-electron chi connectivity index (χ2n) is 8.03. The molecule has 0 aromatic carbocycles. The Morgan fingerprint density at radius 3 is 2.64 bits per heavy atom. The van der Waals surface area contributed by atoms with Gasteiger partial charge in [-0.2, -0.15) is 0 Å². The summed E-state index contributed by atoms with van der Waals surface area (Å²) in [5.41, 5.74) is 0.307. The number of aryl methyl sites for hydroxylation is 1. The first-order valence-corrected chi connectivity index (χ1v) is 11.2. The highest BCUT2D eigenvalue weighted by molar-refractivity contribution is 7.22. The number of rotatable bonds is 4. The normalized spacial score (nSPS) is 15.5. The molecule has 28 heavy (non-hydrogen) atoms. The number of carbonyl (C=O) groups is 2. The molecule has 1 saturated heterocycles. The molecule has 6 nitrogen and oxygen atoms in total. The summed E-state index contributed by atoms with van der Waals surface area (Å²) in [7, 11) is 0. The number of likely N-dealkylation sites (tertiary alicyclic amines) is 1. The minimum absolute atomic E-state index is 0.0661. The maximum absolute atomic E-state index is 12.9. The molecule has 0 unspecified atom stereocenters. The Balaban J connectivity index is 1.51. The van der Waals surface area contributed by atoms with Gasteiger partial charge < -0.3 is 15.0 Å². The van der Waals surface area contributed by atoms with Crippen LogP contribution in [-0.2, 0) is 4.74 Å². The van der Waals surface area contributed by atoms with E-state index in [0.29, 0.717) is 25.6 Å². The number of aromatic nitrogens is 1. The molecule has 1 fully saturated rings. The lowest BCUT2D eigenvalue weighted by Crippen LogP contribution is -2.42. The SMILES string of the molecule is Cc1nc(-c2cccs2)sc1C(=O)N1CCC(CNC(=O)OC(C)(C)C)CC1. The van der Waals surface area contributed by atoms with Crippen LogP contribution in [0.4, 0.5) is 4.79 Å². The van der Waals surface area contributed by atoms with Crippen molar-refractivity contribution in [3.8, 4) is 9.88 Å². The Hall–Kier alpha value is -1.93. The Morgan fingerprint density at radius 1 is 1.32 bits per heavy atom. The van der Waals surface area contributed by atoms with Gasteiger partial charge in [0.15, 0.2) is 0 Å². The molecule has 0 spiro atoms. The lowest BCUT2D eigenvalue weighted by molar-refractivity contribution is 0.0500. The van der Waals surface area contributed by atoms with Crippen LogP contribution in [0.3, 0.4) is 0 Å². The average Bonchev–Trinajstić information content (AvgIpc) is 3.28. The van der Waals surface area contributed by atoms with Crippen LogP contribution >= 0.6 is 22.7 Å². The second-order valence-corrected chi connectivity index (χ2v) is 9.98. The van der Waals surface area contributed by atoms with Crippen LogP contribution in [0, 0.1) is 12.8 Å². The van der Waals surface area contributed by atoms with Crippen molar-refractivity contribution in [2.45, 2.75) is 46.1 Å². The molecule has 2 aromatic heterocycles. The standard InChI is InChI=1S/C20H27N3O3S2/c1-13-16(28-17(22-13)15-6-5-11-27-15)18(24)23-9-7-14(8-10-23)12-21-19(25)26-20(2,3)4/h5-6,11,14H,7-10,12H2,1-4H3,(H,21,25). The van der Waals surface area contributed by atoms with E-state index in [4.69, 9.17) is 4.74 Å². The summed E-state index contributed by atoms with van der Waals surface area (Å²) in [5, 5.41) is 5.77. The van der Waals surface area contributed by atoms with Gasteiger partial charge in [0.25, 0.3) is 5.91 Å². The molecule has 2 aromatic rings. The number of thiazole rings is 1. The lowest BCUT2D eigenvalue weighted by Gasteiger charge is -2.32. The second kappa shape index (κ2) is 8.61. The zero-order chi connectivity index (χ0) is 20.3. The predicted octanol–water partition coefficient (Wildman–Crippen LogP) is 4.56. The molecule has 152 valence electrons. The van der Waals surface area contributed by atoms with Gasteiger partial charge in [-0.3, -0.25) is 4.79 Å². The number of hydrogen-bond acceptors (Lipinski definition) is 6. The van der Waals surface area contributed by atoms with Crippen LogP contribution in [0.2, 0.25) is 0 Å². The van der Waals surface area contributed by atoms with Gasteiger partial charge in [-0.25, -0.2) is 9.78 Å². The number of alkyl carbamates (subject to hydrolysis) is 1. The van der Waals surface area contributed by atoms with E-state index in [-0.39, 0.29) is 12.0 Å². The topological polar surface area (TPSA) is 71.5 Å². The van der Waals surface area contributed by atoms with Crippen molar-refractivity contribution in [2.75, 3.05) is 19.6 Å². The van der Waals surface area contributed by atoms with Crippen molar-refractivity contribution in [1.29, 1.82) is 0 Å². The molecule has 1 N–H and O–H groups in total. The molecule has 0 bridgehead atoms. The van der Waals surface area contributed by atoms with Crippen molar-refractivity contribution in [3.05, 3.63) is 28.1 Å². The number of nitrogens with zero attached hydrogens (tertiary/aromatic N) is 2. The molecule has 1 aliphatic rings. The van der Waals surface area contributed by atoms with Gasteiger partial charge in [-0.05, 0) is 57.9 Å². The van der Waals surface area contributed by atoms with Crippen LogP contribution in [0.15, 0.2) is 17.5 Å². The van der Waals surface area contributed by atoms with Crippen molar-refractivity contribution < 1.29 is 14.3 Å². The highest BCUT2D eigenvalue weighted by atomic mass is 32.1. The number of nitrogens with one attached hydrogen (secondary N) is 1. The van der Waals surface area contributed by atoms with Gasteiger partial charge in [0.05, 0.1) is 10.6 Å². The third-order valence-corrected chi connectivity index (χ3v) is 6.74. The first kappa shape index (κ1) is 20.8. The van der Waals surface area contributed by atoms with Gasteiger partial charge in [0.2, 0.25) is 0 Å². The van der Waals surface area contributed by atoms with Crippen molar-refractivity contribution in [2.24, 2.45) is 5.92 Å². The van der Waals surface area contributed by atoms with Crippen LogP contribution in [0.1, 0.15) is 49.0 Å². The number of carbonyl (C=O) groups excluding carboxylic acids is 2. The van der Waals surface area contributed by atoms with Crippen LogP contribution in [0.25, 0.3) is 9.88 Å². The summed E-state index contributed by atoms with van der Waals surface area (Å²) < 4.78 is 5.27. The summed E-state index contributed by atoms with van der Waals surface area (Å²) in [6, 6.07) is 4.02. The van der Waals surface area contributed by atoms with E-state index < -0.39 is 5.60 Å². The zero-order valence-electron chi connectivity index (χ0n) is 16.8. The molecule has 0 atom stereocenters. The molecule has 0 radical (unpaired) electrons. The highest BCUT2D eigenvalue weighted by Gasteiger charge is 2.27. The molecule has 0 aliphatic carbocycles. The van der Waals surface area contributed by atoms with E-state index in [1.165, 1.54) is 11.3 Å². The zero-order valence-corrected chi connectivity index (χ0v) is 18.4. The third kappa shape index (κ3) is 5.32. The summed E-state index contributed by atoms with van der Waals surface area (Å²) in [6.45, 7) is 9.43. The molecule has 8 heteroatoms. The van der Waals surface area contributed by atoms with E-state index >= 15 is 0 Å². The minimum atomic E-state index is -0.492. The molecule has 0 saturated carbocycles. The van der Waals surface area contributed by atoms with Gasteiger partial charge in [-0.1, -0.05) is 6.07 Å². The summed E-state index contributed by atoms with van der Waals surface area (Å²) in [6.07, 6.45) is 1.36. The average molecular weight is 422 g/mol. The first-order valence-electron chi connectivity index (χ1n) is 9.50. The fraction of sp³-hybridized carbons (Fsp3) is 0.550. The van der Waals surface area contributed by atoms with E-state index in [0.717, 1.165) is 33.3 Å². The van der Waals surface area contributed by atoms with Crippen molar-refractivity contribution in [3.63, 3.8) is 0 Å². The molecule has 2 amide bonds. The molecular formula is C20H27N3O3S2. The van der Waals surface area contributed by atoms with Gasteiger partial charge in [0.1, 0.15) is 15.5 Å². The Bertz CT molecular complexity index is 816. The number of ether oxygens (including phenoxy) is 1. The third-order valence-electron chi connectivity index (χ3n) is 4.56. The number of amides is 2. The van der Waals surface area contributed by atoms with Crippen LogP contribution in [0.5, 0.6) is 0 Å². The molecule has 3 rings (SSSR count). The smallest absolute Gasteiger partial charge is 0.407 e. The number of thiophene rings is 1. The van der Waals surface area contributed by atoms with E-state index in [1.807, 2.05) is 50.1 Å². The Kier molecular flexibility index (Phi) is 6.40. The first-order chi connectivity index (χ1) is 13.2.